The molecule has 1 aliphatic rings. The number of aliphatic imine (C=N–C) groups is 1. The maximum absolute atomic E-state index is 5.77. The van der Waals surface area contributed by atoms with Gasteiger partial charge in [0, 0.05) is 55.8 Å². The molecule has 1 saturated heterocycles. The number of thioether (sulfide) groups is 1. The Bertz CT molecular complexity index is 710. The normalized spacial score (nSPS) is 16.1. The van der Waals surface area contributed by atoms with E-state index in [2.05, 4.69) is 34.9 Å². The maximum atomic E-state index is 5.77. The summed E-state index contributed by atoms with van der Waals surface area (Å²) in [6.07, 6.45) is 4.57. The van der Waals surface area contributed by atoms with Crippen LogP contribution in [0.1, 0.15) is 18.6 Å². The molecule has 1 unspecified atom stereocenters. The molecule has 6 nitrogen and oxygen atoms in total. The third-order valence-corrected chi connectivity index (χ3v) is 5.76. The molecule has 1 aromatic heterocycles. The van der Waals surface area contributed by atoms with E-state index in [1.165, 1.54) is 4.90 Å². The van der Waals surface area contributed by atoms with Gasteiger partial charge in [0.1, 0.15) is 5.76 Å². The summed E-state index contributed by atoms with van der Waals surface area (Å²) in [6, 6.07) is 14.4. The zero-order valence-corrected chi connectivity index (χ0v) is 21.1. The van der Waals surface area contributed by atoms with Gasteiger partial charge in [-0.1, -0.05) is 18.2 Å². The molecule has 0 saturated carbocycles. The van der Waals surface area contributed by atoms with Gasteiger partial charge in [0.25, 0.3) is 0 Å². The number of benzene rings is 1. The molecule has 2 heterocycles. The number of halogens is 1. The lowest BCUT2D eigenvalue weighted by Gasteiger charge is -2.12. The van der Waals surface area contributed by atoms with Gasteiger partial charge >= 0.3 is 0 Å². The Balaban J connectivity index is 0.00000341. The molecular weight excluding hydrogens is 525 g/mol. The van der Waals surface area contributed by atoms with E-state index in [0.717, 1.165) is 82.8 Å². The molecule has 0 bridgehead atoms. The number of guanidine groups is 1. The van der Waals surface area contributed by atoms with Crippen LogP contribution >= 0.6 is 35.7 Å². The molecule has 3 rings (SSSR count). The minimum Gasteiger partial charge on any atom is -0.469 e. The van der Waals surface area contributed by atoms with Gasteiger partial charge < -0.3 is 24.5 Å². The predicted molar refractivity (Wildman–Crippen MR) is 138 cm³/mol. The number of nitrogens with zero attached hydrogens (tertiary/aromatic N) is 1. The van der Waals surface area contributed by atoms with E-state index < -0.39 is 0 Å². The Morgan fingerprint density at radius 3 is 2.77 bits per heavy atom. The monoisotopic (exact) mass is 559 g/mol. The van der Waals surface area contributed by atoms with Crippen molar-refractivity contribution < 1.29 is 13.9 Å². The van der Waals surface area contributed by atoms with Crippen molar-refractivity contribution in [2.75, 3.05) is 51.8 Å². The molecule has 172 valence electrons. The van der Waals surface area contributed by atoms with Crippen LogP contribution in [0, 0.1) is 5.92 Å². The van der Waals surface area contributed by atoms with Crippen LogP contribution in [0.15, 0.2) is 63.0 Å². The fourth-order valence-electron chi connectivity index (χ4n) is 3.11. The maximum Gasteiger partial charge on any atom is 0.191 e. The summed E-state index contributed by atoms with van der Waals surface area (Å²) in [5.74, 6) is 3.37. The van der Waals surface area contributed by atoms with Gasteiger partial charge in [0.15, 0.2) is 5.96 Å². The topological polar surface area (TPSA) is 68.0 Å². The predicted octanol–water partition coefficient (Wildman–Crippen LogP) is 4.21. The zero-order chi connectivity index (χ0) is 20.7. The van der Waals surface area contributed by atoms with E-state index in [9.17, 15) is 0 Å². The van der Waals surface area contributed by atoms with Crippen LogP contribution in [0.5, 0.6) is 0 Å². The van der Waals surface area contributed by atoms with Crippen LogP contribution < -0.4 is 10.6 Å². The molecular formula is C23H34IN3O3S. The first-order chi connectivity index (χ1) is 14.9. The first kappa shape index (κ1) is 26.0. The quantitative estimate of drug-likeness (QED) is 0.126. The molecule has 0 amide bonds. The lowest BCUT2D eigenvalue weighted by Crippen LogP contribution is -2.39. The van der Waals surface area contributed by atoms with Crippen molar-refractivity contribution in [3.63, 3.8) is 0 Å². The van der Waals surface area contributed by atoms with Crippen LogP contribution in [-0.2, 0) is 15.9 Å². The molecule has 0 spiro atoms. The van der Waals surface area contributed by atoms with E-state index in [4.69, 9.17) is 18.9 Å². The average Bonchev–Trinajstić information content (AvgIpc) is 3.48. The first-order valence-electron chi connectivity index (χ1n) is 10.8. The fourth-order valence-corrected chi connectivity index (χ4v) is 3.90. The van der Waals surface area contributed by atoms with Crippen molar-refractivity contribution in [2.45, 2.75) is 24.2 Å². The minimum absolute atomic E-state index is 0. The summed E-state index contributed by atoms with van der Waals surface area (Å²) in [6.45, 7) is 5.62. The van der Waals surface area contributed by atoms with Crippen molar-refractivity contribution in [1.29, 1.82) is 0 Å². The van der Waals surface area contributed by atoms with Crippen molar-refractivity contribution in [2.24, 2.45) is 10.9 Å². The van der Waals surface area contributed by atoms with Crippen molar-refractivity contribution in [1.82, 2.24) is 10.6 Å². The molecule has 0 aliphatic carbocycles. The summed E-state index contributed by atoms with van der Waals surface area (Å²) in [5, 5.41) is 6.84. The smallest absolute Gasteiger partial charge is 0.191 e. The number of hydrogen-bond acceptors (Lipinski definition) is 5. The second-order valence-corrected chi connectivity index (χ2v) is 8.40. The third kappa shape index (κ3) is 11.3. The van der Waals surface area contributed by atoms with Gasteiger partial charge in [0.05, 0.1) is 19.5 Å². The molecule has 31 heavy (non-hydrogen) atoms. The van der Waals surface area contributed by atoms with Gasteiger partial charge in [-0.15, -0.1) is 35.7 Å². The number of rotatable bonds is 13. The van der Waals surface area contributed by atoms with Crippen molar-refractivity contribution in [3.8, 4) is 0 Å². The summed E-state index contributed by atoms with van der Waals surface area (Å²) in [7, 11) is 0. The Morgan fingerprint density at radius 2 is 2.00 bits per heavy atom. The van der Waals surface area contributed by atoms with E-state index in [1.807, 2.05) is 30.0 Å². The summed E-state index contributed by atoms with van der Waals surface area (Å²) in [4.78, 5) is 5.99. The zero-order valence-electron chi connectivity index (χ0n) is 18.0. The largest absolute Gasteiger partial charge is 0.469 e. The molecule has 2 aromatic rings. The second kappa shape index (κ2) is 16.4. The number of hydrogen-bond donors (Lipinski definition) is 2. The standard InChI is InChI=1S/C23H33N3O3S.HI/c1-2-7-22(8-3-1)30-17-13-26-23(25-12-9-21-6-4-15-29-21)24-11-5-14-27-18-20-10-16-28-19-20;/h1-4,6-8,15,20H,5,9-14,16-19H2,(H2,24,25,26);1H. The Kier molecular flexibility index (Phi) is 13.8. The summed E-state index contributed by atoms with van der Waals surface area (Å²) in [5.41, 5.74) is 0. The lowest BCUT2D eigenvalue weighted by molar-refractivity contribution is 0.0893. The van der Waals surface area contributed by atoms with Crippen LogP contribution in [0.2, 0.25) is 0 Å². The molecule has 2 N–H and O–H groups in total. The fraction of sp³-hybridized carbons (Fsp3) is 0.522. The Labute approximate surface area is 207 Å². The Hall–Kier alpha value is -1.23. The SMILES string of the molecule is I.c1ccc(SCCNC(=NCCCOCC2CCOC2)NCCc2ccco2)cc1. The van der Waals surface area contributed by atoms with Crippen molar-refractivity contribution in [3.05, 3.63) is 54.5 Å². The van der Waals surface area contributed by atoms with Gasteiger partial charge in [-0.05, 0) is 37.1 Å². The van der Waals surface area contributed by atoms with Crippen molar-refractivity contribution >= 4 is 41.7 Å². The summed E-state index contributed by atoms with van der Waals surface area (Å²) < 4.78 is 16.6. The summed E-state index contributed by atoms with van der Waals surface area (Å²) >= 11 is 1.84. The van der Waals surface area contributed by atoms with Gasteiger partial charge in [-0.2, -0.15) is 0 Å². The van der Waals surface area contributed by atoms with Crippen LogP contribution in [-0.4, -0.2) is 57.8 Å². The molecule has 1 atom stereocenters. The first-order valence-corrected chi connectivity index (χ1v) is 11.8. The molecule has 0 radical (unpaired) electrons. The second-order valence-electron chi connectivity index (χ2n) is 7.23. The lowest BCUT2D eigenvalue weighted by atomic mass is 10.1. The highest BCUT2D eigenvalue weighted by Crippen LogP contribution is 2.15. The highest BCUT2D eigenvalue weighted by atomic mass is 127. The van der Waals surface area contributed by atoms with Gasteiger partial charge in [0.2, 0.25) is 0 Å². The Morgan fingerprint density at radius 1 is 1.13 bits per heavy atom. The van der Waals surface area contributed by atoms with Crippen LogP contribution in [0.4, 0.5) is 0 Å². The highest BCUT2D eigenvalue weighted by molar-refractivity contribution is 14.0. The average molecular weight is 560 g/mol. The minimum atomic E-state index is 0. The van der Waals surface area contributed by atoms with E-state index in [1.54, 1.807) is 6.26 Å². The van der Waals surface area contributed by atoms with E-state index >= 15 is 0 Å². The molecule has 1 fully saturated rings. The van der Waals surface area contributed by atoms with Crippen LogP contribution in [0.3, 0.4) is 0 Å². The van der Waals surface area contributed by atoms with E-state index in [0.29, 0.717) is 5.92 Å². The van der Waals surface area contributed by atoms with E-state index in [-0.39, 0.29) is 24.0 Å². The number of furan rings is 1. The van der Waals surface area contributed by atoms with Crippen LogP contribution in [0.25, 0.3) is 0 Å². The molecule has 1 aliphatic heterocycles. The molecule has 8 heteroatoms. The third-order valence-electron chi connectivity index (χ3n) is 4.74. The van der Waals surface area contributed by atoms with Gasteiger partial charge in [-0.25, -0.2) is 0 Å². The van der Waals surface area contributed by atoms with Gasteiger partial charge in [-0.3, -0.25) is 4.99 Å². The number of ether oxygens (including phenoxy) is 2. The highest BCUT2D eigenvalue weighted by Gasteiger charge is 2.15. The number of nitrogens with one attached hydrogen (secondary N) is 2. The molecule has 1 aromatic carbocycles.